The first-order chi connectivity index (χ1) is 10.6. The van der Waals surface area contributed by atoms with Crippen LogP contribution in [0.4, 0.5) is 11.9 Å². The van der Waals surface area contributed by atoms with E-state index in [0.717, 1.165) is 5.56 Å². The van der Waals surface area contributed by atoms with Crippen molar-refractivity contribution in [2.24, 2.45) is 0 Å². The Labute approximate surface area is 126 Å². The molecule has 22 heavy (non-hydrogen) atoms. The lowest BCUT2D eigenvalue weighted by atomic mass is 10.2. The normalized spacial score (nSPS) is 10.6. The molecule has 0 unspecified atom stereocenters. The molecule has 2 heterocycles. The summed E-state index contributed by atoms with van der Waals surface area (Å²) in [5, 5.41) is 12.4. The van der Waals surface area contributed by atoms with E-state index in [9.17, 15) is 0 Å². The molecule has 0 radical (unpaired) electrons. The highest BCUT2D eigenvalue weighted by atomic mass is 15.6. The van der Waals surface area contributed by atoms with Crippen molar-refractivity contribution in [3.05, 3.63) is 36.2 Å². The molecular weight excluding hydrogens is 282 g/mol. The number of anilines is 2. The van der Waals surface area contributed by atoms with E-state index in [1.54, 1.807) is 4.90 Å². The van der Waals surface area contributed by atoms with E-state index in [2.05, 4.69) is 30.4 Å². The number of hydrogen-bond donors (Lipinski definition) is 1. The molecule has 3 aromatic rings. The van der Waals surface area contributed by atoms with Crippen molar-refractivity contribution in [3.63, 3.8) is 0 Å². The highest BCUT2D eigenvalue weighted by molar-refractivity contribution is 5.52. The number of nitrogen functional groups attached to an aromatic ring is 1. The molecule has 9 heteroatoms. The van der Waals surface area contributed by atoms with Gasteiger partial charge in [0.05, 0.1) is 0 Å². The van der Waals surface area contributed by atoms with Gasteiger partial charge in [-0.2, -0.15) is 19.7 Å². The predicted molar refractivity (Wildman–Crippen MR) is 80.9 cm³/mol. The van der Waals surface area contributed by atoms with Crippen LogP contribution in [0.3, 0.4) is 0 Å². The molecular formula is C13H15N9. The molecule has 1 aromatic carbocycles. The monoisotopic (exact) mass is 297 g/mol. The molecule has 2 aromatic heterocycles. The average molecular weight is 297 g/mol. The third-order valence-corrected chi connectivity index (χ3v) is 2.85. The zero-order valence-electron chi connectivity index (χ0n) is 12.2. The van der Waals surface area contributed by atoms with E-state index in [0.29, 0.717) is 17.6 Å². The van der Waals surface area contributed by atoms with Crippen LogP contribution in [0.5, 0.6) is 0 Å². The van der Waals surface area contributed by atoms with Crippen LogP contribution >= 0.6 is 0 Å². The molecule has 9 nitrogen and oxygen atoms in total. The summed E-state index contributed by atoms with van der Waals surface area (Å²) in [6.45, 7) is 0.271. The number of benzene rings is 1. The molecule has 0 spiro atoms. The van der Waals surface area contributed by atoms with Gasteiger partial charge in [-0.05, 0) is 5.21 Å². The Kier molecular flexibility index (Phi) is 3.60. The Hall–Kier alpha value is -3.10. The van der Waals surface area contributed by atoms with Gasteiger partial charge in [0.1, 0.15) is 6.54 Å². The number of aromatic nitrogens is 7. The van der Waals surface area contributed by atoms with Crippen molar-refractivity contribution >= 4 is 11.9 Å². The molecule has 0 aliphatic carbocycles. The van der Waals surface area contributed by atoms with E-state index in [4.69, 9.17) is 5.73 Å². The topological polar surface area (TPSA) is 112 Å². The predicted octanol–water partition coefficient (Wildman–Crippen LogP) is 0.222. The van der Waals surface area contributed by atoms with Crippen LogP contribution in [-0.2, 0) is 6.54 Å². The second-order valence-corrected chi connectivity index (χ2v) is 4.81. The van der Waals surface area contributed by atoms with Crippen LogP contribution in [0.25, 0.3) is 11.4 Å². The summed E-state index contributed by atoms with van der Waals surface area (Å²) in [4.78, 5) is 15.6. The quantitative estimate of drug-likeness (QED) is 0.728. The standard InChI is InChI=1S/C13H15N9/c1-21(2)13-16-10(15-12(14)17-13)8-22-19-11(18-20-22)9-6-4-3-5-7-9/h3-7H,8H2,1-2H3,(H2,14,15,16,17). The maximum absolute atomic E-state index is 5.69. The molecule has 112 valence electrons. The summed E-state index contributed by atoms with van der Waals surface area (Å²) in [5.74, 6) is 1.69. The number of tetrazole rings is 1. The zero-order chi connectivity index (χ0) is 15.5. The zero-order valence-corrected chi connectivity index (χ0v) is 12.2. The van der Waals surface area contributed by atoms with Crippen molar-refractivity contribution in [3.8, 4) is 11.4 Å². The maximum atomic E-state index is 5.69. The summed E-state index contributed by atoms with van der Waals surface area (Å²) >= 11 is 0. The van der Waals surface area contributed by atoms with Gasteiger partial charge >= 0.3 is 0 Å². The Morgan fingerprint density at radius 2 is 1.86 bits per heavy atom. The van der Waals surface area contributed by atoms with E-state index in [-0.39, 0.29) is 12.5 Å². The van der Waals surface area contributed by atoms with Gasteiger partial charge in [0.2, 0.25) is 17.7 Å². The lowest BCUT2D eigenvalue weighted by Crippen LogP contribution is -2.17. The average Bonchev–Trinajstić information content (AvgIpc) is 2.96. The van der Waals surface area contributed by atoms with Gasteiger partial charge in [0.25, 0.3) is 0 Å². The summed E-state index contributed by atoms with van der Waals surface area (Å²) in [6.07, 6.45) is 0. The minimum Gasteiger partial charge on any atom is -0.368 e. The second-order valence-electron chi connectivity index (χ2n) is 4.81. The highest BCUT2D eigenvalue weighted by Crippen LogP contribution is 2.12. The molecule has 0 aliphatic heterocycles. The third kappa shape index (κ3) is 2.97. The SMILES string of the molecule is CN(C)c1nc(N)nc(Cn2nnc(-c3ccccc3)n2)n1. The highest BCUT2D eigenvalue weighted by Gasteiger charge is 2.10. The van der Waals surface area contributed by atoms with Crippen LogP contribution in [0, 0.1) is 0 Å². The van der Waals surface area contributed by atoms with Gasteiger partial charge in [-0.1, -0.05) is 30.3 Å². The number of rotatable bonds is 4. The Morgan fingerprint density at radius 3 is 2.59 bits per heavy atom. The van der Waals surface area contributed by atoms with Crippen LogP contribution in [0.15, 0.2) is 30.3 Å². The van der Waals surface area contributed by atoms with Crippen molar-refractivity contribution < 1.29 is 0 Å². The van der Waals surface area contributed by atoms with Gasteiger partial charge in [0.15, 0.2) is 5.82 Å². The lowest BCUT2D eigenvalue weighted by Gasteiger charge is -2.10. The summed E-state index contributed by atoms with van der Waals surface area (Å²) in [6, 6.07) is 9.63. The van der Waals surface area contributed by atoms with Crippen molar-refractivity contribution in [1.29, 1.82) is 0 Å². The molecule has 0 amide bonds. The number of nitrogens with zero attached hydrogens (tertiary/aromatic N) is 8. The van der Waals surface area contributed by atoms with Crippen molar-refractivity contribution in [1.82, 2.24) is 35.2 Å². The second kappa shape index (κ2) is 5.72. The Balaban J connectivity index is 1.84. The third-order valence-electron chi connectivity index (χ3n) is 2.85. The first kappa shape index (κ1) is 13.9. The molecule has 0 saturated carbocycles. The Bertz CT molecular complexity index is 766. The molecule has 0 saturated heterocycles. The lowest BCUT2D eigenvalue weighted by molar-refractivity contribution is 0.553. The molecule has 0 fully saturated rings. The molecule has 0 bridgehead atoms. The van der Waals surface area contributed by atoms with Gasteiger partial charge < -0.3 is 10.6 Å². The van der Waals surface area contributed by atoms with Gasteiger partial charge in [-0.15, -0.1) is 10.2 Å². The maximum Gasteiger partial charge on any atom is 0.229 e. The van der Waals surface area contributed by atoms with Crippen LogP contribution in [0.1, 0.15) is 5.82 Å². The van der Waals surface area contributed by atoms with E-state index in [1.807, 2.05) is 44.4 Å². The van der Waals surface area contributed by atoms with Gasteiger partial charge in [0, 0.05) is 19.7 Å². The molecule has 0 aliphatic rings. The summed E-state index contributed by atoms with van der Waals surface area (Å²) in [5.41, 5.74) is 6.59. The van der Waals surface area contributed by atoms with Crippen molar-refractivity contribution in [2.45, 2.75) is 6.54 Å². The van der Waals surface area contributed by atoms with Gasteiger partial charge in [-0.3, -0.25) is 0 Å². The fourth-order valence-corrected chi connectivity index (χ4v) is 1.84. The van der Waals surface area contributed by atoms with Crippen LogP contribution in [0.2, 0.25) is 0 Å². The van der Waals surface area contributed by atoms with E-state index >= 15 is 0 Å². The van der Waals surface area contributed by atoms with Crippen LogP contribution < -0.4 is 10.6 Å². The number of nitrogens with two attached hydrogens (primary N) is 1. The first-order valence-electron chi connectivity index (χ1n) is 6.63. The molecule has 0 atom stereocenters. The Morgan fingerprint density at radius 1 is 1.09 bits per heavy atom. The van der Waals surface area contributed by atoms with Crippen LogP contribution in [-0.4, -0.2) is 49.3 Å². The number of hydrogen-bond acceptors (Lipinski definition) is 8. The fourth-order valence-electron chi connectivity index (χ4n) is 1.84. The summed E-state index contributed by atoms with van der Waals surface area (Å²) in [7, 11) is 3.67. The smallest absolute Gasteiger partial charge is 0.229 e. The minimum atomic E-state index is 0.164. The minimum absolute atomic E-state index is 0.164. The van der Waals surface area contributed by atoms with E-state index in [1.165, 1.54) is 4.80 Å². The van der Waals surface area contributed by atoms with E-state index < -0.39 is 0 Å². The summed E-state index contributed by atoms with van der Waals surface area (Å²) < 4.78 is 0. The molecule has 2 N–H and O–H groups in total. The van der Waals surface area contributed by atoms with Gasteiger partial charge in [-0.25, -0.2) is 0 Å². The fraction of sp³-hybridized carbons (Fsp3) is 0.231. The molecule has 3 rings (SSSR count). The largest absolute Gasteiger partial charge is 0.368 e. The van der Waals surface area contributed by atoms with Crippen molar-refractivity contribution in [2.75, 3.05) is 24.7 Å². The first-order valence-corrected chi connectivity index (χ1v) is 6.63.